The van der Waals surface area contributed by atoms with Gasteiger partial charge in [-0.1, -0.05) is 18.6 Å². The minimum atomic E-state index is -0.228. The Hall–Kier alpha value is -1.79. The van der Waals surface area contributed by atoms with E-state index < -0.39 is 0 Å². The first-order valence-corrected chi connectivity index (χ1v) is 10.3. The lowest BCUT2D eigenvalue weighted by molar-refractivity contribution is 0.117. The Kier molecular flexibility index (Phi) is 5.60. The first-order chi connectivity index (χ1) is 12.8. The van der Waals surface area contributed by atoms with Gasteiger partial charge in [-0.2, -0.15) is 5.10 Å². The highest BCUT2D eigenvalue weighted by Crippen LogP contribution is 2.24. The van der Waals surface area contributed by atoms with Crippen molar-refractivity contribution in [2.75, 3.05) is 13.2 Å². The molecule has 2 aromatic rings. The fourth-order valence-electron chi connectivity index (χ4n) is 3.53. The van der Waals surface area contributed by atoms with Crippen LogP contribution in [0.3, 0.4) is 0 Å². The molecule has 1 aliphatic carbocycles. The van der Waals surface area contributed by atoms with Gasteiger partial charge in [0.25, 0.3) is 0 Å². The van der Waals surface area contributed by atoms with Gasteiger partial charge in [-0.3, -0.25) is 4.99 Å². The lowest BCUT2D eigenvalue weighted by Crippen LogP contribution is -2.19. The van der Waals surface area contributed by atoms with Crippen molar-refractivity contribution < 1.29 is 9.13 Å². The quantitative estimate of drug-likeness (QED) is 0.772. The van der Waals surface area contributed by atoms with Crippen molar-refractivity contribution in [1.29, 1.82) is 0 Å². The van der Waals surface area contributed by atoms with E-state index in [1.807, 2.05) is 16.1 Å². The molecule has 4 nitrogen and oxygen atoms in total. The molecule has 1 aromatic carbocycles. The molecule has 2 fully saturated rings. The van der Waals surface area contributed by atoms with Crippen molar-refractivity contribution in [3.05, 3.63) is 40.3 Å². The second-order valence-corrected chi connectivity index (χ2v) is 7.73. The number of benzene rings is 1. The molecule has 0 amide bonds. The highest BCUT2D eigenvalue weighted by molar-refractivity contribution is 7.07. The fraction of sp³-hybridized carbons (Fsp3) is 0.500. The average Bonchev–Trinajstić information content (AvgIpc) is 3.32. The number of hydrogen-bond acceptors (Lipinski definition) is 4. The fourth-order valence-corrected chi connectivity index (χ4v) is 4.36. The van der Waals surface area contributed by atoms with Crippen molar-refractivity contribution in [3.8, 4) is 11.3 Å². The number of aromatic nitrogens is 1. The molecule has 0 bridgehead atoms. The standard InChI is InChI=1S/C20H24FN3OS/c21-18-11-5-4-10-17(18)19-14-26-20(22-13-16-9-6-12-25-16)24(19)23-15-7-2-1-3-8-15/h4-5,10-11,14,16H,1-3,6-9,12-13H2/t16-/m0/s1. The minimum Gasteiger partial charge on any atom is -0.376 e. The van der Waals surface area contributed by atoms with Crippen LogP contribution >= 0.6 is 11.3 Å². The highest BCUT2D eigenvalue weighted by Gasteiger charge is 2.16. The van der Waals surface area contributed by atoms with Gasteiger partial charge in [0.1, 0.15) is 5.82 Å². The Morgan fingerprint density at radius 2 is 2.00 bits per heavy atom. The average molecular weight is 373 g/mol. The molecular weight excluding hydrogens is 349 g/mol. The zero-order chi connectivity index (χ0) is 17.8. The third-order valence-electron chi connectivity index (χ3n) is 4.96. The van der Waals surface area contributed by atoms with Gasteiger partial charge in [-0.15, -0.1) is 11.3 Å². The van der Waals surface area contributed by atoms with Crippen molar-refractivity contribution in [2.24, 2.45) is 10.1 Å². The van der Waals surface area contributed by atoms with Crippen molar-refractivity contribution in [2.45, 2.75) is 51.0 Å². The number of hydrogen-bond donors (Lipinski definition) is 0. The van der Waals surface area contributed by atoms with Crippen LogP contribution in [0.5, 0.6) is 0 Å². The number of nitrogens with zero attached hydrogens (tertiary/aromatic N) is 3. The van der Waals surface area contributed by atoms with Crippen LogP contribution in [0, 0.1) is 5.82 Å². The van der Waals surface area contributed by atoms with E-state index in [0.29, 0.717) is 12.1 Å². The smallest absolute Gasteiger partial charge is 0.206 e. The molecule has 1 aliphatic heterocycles. The summed E-state index contributed by atoms with van der Waals surface area (Å²) in [6.07, 6.45) is 8.03. The summed E-state index contributed by atoms with van der Waals surface area (Å²) in [6.45, 7) is 1.47. The number of thiazole rings is 1. The maximum absolute atomic E-state index is 14.4. The van der Waals surface area contributed by atoms with E-state index in [-0.39, 0.29) is 11.9 Å². The van der Waals surface area contributed by atoms with E-state index in [4.69, 9.17) is 14.8 Å². The maximum Gasteiger partial charge on any atom is 0.206 e. The molecule has 2 aliphatic rings. The molecule has 1 aromatic heterocycles. The molecule has 1 saturated carbocycles. The second kappa shape index (κ2) is 8.27. The summed E-state index contributed by atoms with van der Waals surface area (Å²) < 4.78 is 21.9. The Labute approximate surface area is 157 Å². The van der Waals surface area contributed by atoms with Gasteiger partial charge >= 0.3 is 0 Å². The van der Waals surface area contributed by atoms with Gasteiger partial charge in [0.05, 0.1) is 18.3 Å². The van der Waals surface area contributed by atoms with E-state index in [9.17, 15) is 4.39 Å². The lowest BCUT2D eigenvalue weighted by Gasteiger charge is -2.13. The van der Waals surface area contributed by atoms with Crippen molar-refractivity contribution in [3.63, 3.8) is 0 Å². The molecule has 1 saturated heterocycles. The molecule has 1 atom stereocenters. The Balaban J connectivity index is 1.74. The van der Waals surface area contributed by atoms with Crippen molar-refractivity contribution >= 4 is 17.0 Å². The first kappa shape index (κ1) is 17.6. The second-order valence-electron chi connectivity index (χ2n) is 6.90. The number of halogens is 1. The van der Waals surface area contributed by atoms with Crippen LogP contribution < -0.4 is 4.80 Å². The summed E-state index contributed by atoms with van der Waals surface area (Å²) >= 11 is 1.52. The molecule has 0 unspecified atom stereocenters. The van der Waals surface area contributed by atoms with Crippen molar-refractivity contribution in [1.82, 2.24) is 4.68 Å². The zero-order valence-electron chi connectivity index (χ0n) is 14.9. The van der Waals surface area contributed by atoms with Gasteiger partial charge in [-0.25, -0.2) is 9.07 Å². The van der Waals surface area contributed by atoms with Crippen LogP contribution in [0.25, 0.3) is 11.3 Å². The van der Waals surface area contributed by atoms with Crippen LogP contribution in [0.1, 0.15) is 44.9 Å². The van der Waals surface area contributed by atoms with Crippen LogP contribution in [0.4, 0.5) is 4.39 Å². The third kappa shape index (κ3) is 3.96. The van der Waals surface area contributed by atoms with E-state index in [1.54, 1.807) is 12.1 Å². The molecule has 6 heteroatoms. The van der Waals surface area contributed by atoms with Crippen LogP contribution in [-0.4, -0.2) is 29.6 Å². The lowest BCUT2D eigenvalue weighted by atomic mass is 9.99. The summed E-state index contributed by atoms with van der Waals surface area (Å²) in [6, 6.07) is 6.87. The largest absolute Gasteiger partial charge is 0.376 e. The summed E-state index contributed by atoms with van der Waals surface area (Å²) in [4.78, 5) is 5.57. The summed E-state index contributed by atoms with van der Waals surface area (Å²) in [5.74, 6) is -0.228. The summed E-state index contributed by atoms with van der Waals surface area (Å²) in [5, 5.41) is 6.84. The molecule has 2 heterocycles. The Bertz CT molecular complexity index is 841. The van der Waals surface area contributed by atoms with Gasteiger partial charge in [0.15, 0.2) is 0 Å². The molecule has 138 valence electrons. The predicted molar refractivity (Wildman–Crippen MR) is 103 cm³/mol. The zero-order valence-corrected chi connectivity index (χ0v) is 15.7. The first-order valence-electron chi connectivity index (χ1n) is 9.45. The number of rotatable bonds is 4. The molecule has 0 radical (unpaired) electrons. The molecular formula is C20H24FN3OS. The van der Waals surface area contributed by atoms with E-state index in [1.165, 1.54) is 42.4 Å². The summed E-state index contributed by atoms with van der Waals surface area (Å²) in [5.41, 5.74) is 2.53. The van der Waals surface area contributed by atoms with E-state index in [0.717, 1.165) is 42.8 Å². The highest BCUT2D eigenvalue weighted by atomic mass is 32.1. The van der Waals surface area contributed by atoms with Crippen LogP contribution in [0.15, 0.2) is 39.7 Å². The molecule has 26 heavy (non-hydrogen) atoms. The van der Waals surface area contributed by atoms with Crippen LogP contribution in [0.2, 0.25) is 0 Å². The number of ether oxygens (including phenoxy) is 1. The minimum absolute atomic E-state index is 0.199. The van der Waals surface area contributed by atoms with Gasteiger partial charge in [-0.05, 0) is 50.7 Å². The van der Waals surface area contributed by atoms with Crippen LogP contribution in [-0.2, 0) is 4.74 Å². The molecule has 0 N–H and O–H groups in total. The normalized spacial score (nSPS) is 21.3. The SMILES string of the molecule is Fc1ccccc1-c1csc(=NC[C@@H]2CCCO2)n1N=C1CCCCC1. The summed E-state index contributed by atoms with van der Waals surface area (Å²) in [7, 11) is 0. The van der Waals surface area contributed by atoms with Gasteiger partial charge in [0, 0.05) is 23.3 Å². The van der Waals surface area contributed by atoms with Gasteiger partial charge < -0.3 is 4.74 Å². The van der Waals surface area contributed by atoms with Gasteiger partial charge in [0.2, 0.25) is 4.80 Å². The van der Waals surface area contributed by atoms with E-state index in [2.05, 4.69) is 0 Å². The topological polar surface area (TPSA) is 38.9 Å². The Morgan fingerprint density at radius 1 is 1.15 bits per heavy atom. The monoisotopic (exact) mass is 373 g/mol. The maximum atomic E-state index is 14.4. The third-order valence-corrected chi connectivity index (χ3v) is 5.82. The molecule has 4 rings (SSSR count). The molecule has 0 spiro atoms. The van der Waals surface area contributed by atoms with E-state index >= 15 is 0 Å². The Morgan fingerprint density at radius 3 is 2.77 bits per heavy atom. The predicted octanol–water partition coefficient (Wildman–Crippen LogP) is 4.60.